The molecule has 3 heteroatoms. The van der Waals surface area contributed by atoms with Gasteiger partial charge < -0.3 is 5.73 Å². The lowest BCUT2D eigenvalue weighted by atomic mass is 10.1. The van der Waals surface area contributed by atoms with Crippen LogP contribution in [0.2, 0.25) is 0 Å². The van der Waals surface area contributed by atoms with Crippen molar-refractivity contribution in [2.45, 2.75) is 13.3 Å². The van der Waals surface area contributed by atoms with Crippen LogP contribution in [0.15, 0.2) is 18.2 Å². The van der Waals surface area contributed by atoms with Gasteiger partial charge >= 0.3 is 0 Å². The molecule has 0 aliphatic rings. The smallest absolute Gasteiger partial charge is 0.126 e. The Balaban J connectivity index is 0.00000121. The molecule has 0 saturated carbocycles. The van der Waals surface area contributed by atoms with Gasteiger partial charge in [0, 0.05) is 0 Å². The molecule has 0 aliphatic carbocycles. The Bertz CT molecular complexity index is 250. The monoisotopic (exact) mass is 189 g/mol. The summed E-state index contributed by atoms with van der Waals surface area (Å²) in [6.45, 7) is 2.32. The van der Waals surface area contributed by atoms with Crippen molar-refractivity contribution in [1.29, 1.82) is 0 Å². The zero-order chi connectivity index (χ0) is 8.27. The van der Waals surface area contributed by atoms with Crippen molar-refractivity contribution in [3.63, 3.8) is 0 Å². The Morgan fingerprint density at radius 1 is 1.42 bits per heavy atom. The van der Waals surface area contributed by atoms with E-state index in [0.717, 1.165) is 12.0 Å². The lowest BCUT2D eigenvalue weighted by Gasteiger charge is -2.00. The molecular formula is C9H13ClFN. The van der Waals surface area contributed by atoms with Gasteiger partial charge in [-0.05, 0) is 37.1 Å². The fourth-order valence-electron chi connectivity index (χ4n) is 0.959. The number of nitrogens with two attached hydrogens (primary N) is 1. The van der Waals surface area contributed by atoms with Gasteiger partial charge in [0.1, 0.15) is 5.82 Å². The minimum atomic E-state index is -0.143. The Morgan fingerprint density at radius 3 is 2.58 bits per heavy atom. The van der Waals surface area contributed by atoms with Crippen LogP contribution in [0, 0.1) is 12.7 Å². The molecule has 0 aliphatic heterocycles. The molecule has 0 atom stereocenters. The lowest BCUT2D eigenvalue weighted by Crippen LogP contribution is -2.02. The van der Waals surface area contributed by atoms with E-state index >= 15 is 0 Å². The second kappa shape index (κ2) is 5.12. The molecule has 0 aromatic heterocycles. The van der Waals surface area contributed by atoms with E-state index in [0.29, 0.717) is 12.1 Å². The molecule has 0 spiro atoms. The zero-order valence-corrected chi connectivity index (χ0v) is 7.83. The van der Waals surface area contributed by atoms with Crippen molar-refractivity contribution in [3.05, 3.63) is 35.1 Å². The van der Waals surface area contributed by atoms with E-state index in [1.807, 2.05) is 6.07 Å². The van der Waals surface area contributed by atoms with Gasteiger partial charge in [0.05, 0.1) is 0 Å². The van der Waals surface area contributed by atoms with Gasteiger partial charge in [-0.3, -0.25) is 0 Å². The number of rotatable bonds is 2. The third kappa shape index (κ3) is 2.80. The molecule has 2 N–H and O–H groups in total. The maximum atomic E-state index is 12.9. The minimum absolute atomic E-state index is 0. The van der Waals surface area contributed by atoms with Crippen LogP contribution in [-0.4, -0.2) is 6.54 Å². The summed E-state index contributed by atoms with van der Waals surface area (Å²) in [4.78, 5) is 0. The first-order chi connectivity index (χ1) is 5.24. The number of benzene rings is 1. The first kappa shape index (κ1) is 11.4. The summed E-state index contributed by atoms with van der Waals surface area (Å²) in [6.07, 6.45) is 0.747. The van der Waals surface area contributed by atoms with Crippen LogP contribution in [-0.2, 0) is 6.42 Å². The molecule has 1 nitrogen and oxygen atoms in total. The predicted molar refractivity (Wildman–Crippen MR) is 51.1 cm³/mol. The van der Waals surface area contributed by atoms with Crippen molar-refractivity contribution in [2.24, 2.45) is 5.73 Å². The first-order valence-electron chi connectivity index (χ1n) is 3.69. The van der Waals surface area contributed by atoms with E-state index in [9.17, 15) is 4.39 Å². The summed E-state index contributed by atoms with van der Waals surface area (Å²) in [5.74, 6) is -0.143. The van der Waals surface area contributed by atoms with Gasteiger partial charge in [0.15, 0.2) is 0 Å². The SMILES string of the molecule is Cc1ccc(CCN)cc1F.Cl. The summed E-state index contributed by atoms with van der Waals surface area (Å²) in [7, 11) is 0. The highest BCUT2D eigenvalue weighted by atomic mass is 35.5. The van der Waals surface area contributed by atoms with Crippen molar-refractivity contribution in [1.82, 2.24) is 0 Å². The van der Waals surface area contributed by atoms with Crippen LogP contribution >= 0.6 is 12.4 Å². The average molecular weight is 190 g/mol. The molecule has 0 fully saturated rings. The standard InChI is InChI=1S/C9H12FN.ClH/c1-7-2-3-8(4-5-11)6-9(7)10;/h2-3,6H,4-5,11H2,1H3;1H. The van der Waals surface area contributed by atoms with Crippen LogP contribution in [0.1, 0.15) is 11.1 Å². The van der Waals surface area contributed by atoms with E-state index in [2.05, 4.69) is 0 Å². The quantitative estimate of drug-likeness (QED) is 0.758. The molecular weight excluding hydrogens is 177 g/mol. The largest absolute Gasteiger partial charge is 0.330 e. The average Bonchev–Trinajstić information content (AvgIpc) is 1.98. The van der Waals surface area contributed by atoms with Crippen LogP contribution in [0.5, 0.6) is 0 Å². The maximum Gasteiger partial charge on any atom is 0.126 e. The fraction of sp³-hybridized carbons (Fsp3) is 0.333. The molecule has 0 amide bonds. The Kier molecular flexibility index (Phi) is 4.86. The normalized spacial score (nSPS) is 9.25. The number of halogens is 2. The van der Waals surface area contributed by atoms with Crippen molar-refractivity contribution >= 4 is 12.4 Å². The highest BCUT2D eigenvalue weighted by Gasteiger charge is 1.97. The van der Waals surface area contributed by atoms with Gasteiger partial charge in [0.25, 0.3) is 0 Å². The molecule has 12 heavy (non-hydrogen) atoms. The topological polar surface area (TPSA) is 26.0 Å². The first-order valence-corrected chi connectivity index (χ1v) is 3.69. The number of hydrogen-bond acceptors (Lipinski definition) is 1. The molecule has 1 rings (SSSR count). The Morgan fingerprint density at radius 2 is 2.08 bits per heavy atom. The van der Waals surface area contributed by atoms with E-state index in [1.54, 1.807) is 19.1 Å². The molecule has 0 bridgehead atoms. The van der Waals surface area contributed by atoms with Gasteiger partial charge in [0.2, 0.25) is 0 Å². The third-order valence-electron chi connectivity index (χ3n) is 1.67. The van der Waals surface area contributed by atoms with Crippen molar-refractivity contribution in [2.75, 3.05) is 6.54 Å². The van der Waals surface area contributed by atoms with E-state index in [1.165, 1.54) is 0 Å². The number of hydrogen-bond donors (Lipinski definition) is 1. The van der Waals surface area contributed by atoms with Crippen LogP contribution in [0.25, 0.3) is 0 Å². The maximum absolute atomic E-state index is 12.9. The van der Waals surface area contributed by atoms with Gasteiger partial charge in [-0.1, -0.05) is 12.1 Å². The van der Waals surface area contributed by atoms with Crippen LogP contribution < -0.4 is 5.73 Å². The Labute approximate surface area is 78.2 Å². The molecule has 0 saturated heterocycles. The highest BCUT2D eigenvalue weighted by Crippen LogP contribution is 2.08. The lowest BCUT2D eigenvalue weighted by molar-refractivity contribution is 0.616. The molecule has 68 valence electrons. The van der Waals surface area contributed by atoms with Crippen LogP contribution in [0.3, 0.4) is 0 Å². The summed E-state index contributed by atoms with van der Waals surface area (Å²) in [5.41, 5.74) is 6.98. The summed E-state index contributed by atoms with van der Waals surface area (Å²) in [5, 5.41) is 0. The van der Waals surface area contributed by atoms with Crippen LogP contribution in [0.4, 0.5) is 4.39 Å². The molecule has 1 aromatic rings. The summed E-state index contributed by atoms with van der Waals surface area (Å²) >= 11 is 0. The minimum Gasteiger partial charge on any atom is -0.330 e. The highest BCUT2D eigenvalue weighted by molar-refractivity contribution is 5.85. The van der Waals surface area contributed by atoms with E-state index in [-0.39, 0.29) is 18.2 Å². The second-order valence-electron chi connectivity index (χ2n) is 2.62. The molecule has 1 aromatic carbocycles. The van der Waals surface area contributed by atoms with Crippen molar-refractivity contribution in [3.8, 4) is 0 Å². The summed E-state index contributed by atoms with van der Waals surface area (Å²) < 4.78 is 12.9. The summed E-state index contributed by atoms with van der Waals surface area (Å²) in [6, 6.07) is 5.23. The van der Waals surface area contributed by atoms with Crippen molar-refractivity contribution < 1.29 is 4.39 Å². The third-order valence-corrected chi connectivity index (χ3v) is 1.67. The van der Waals surface area contributed by atoms with Gasteiger partial charge in [-0.25, -0.2) is 4.39 Å². The molecule has 0 heterocycles. The van der Waals surface area contributed by atoms with E-state index < -0.39 is 0 Å². The molecule has 0 radical (unpaired) electrons. The number of aryl methyl sites for hydroxylation is 1. The Hall–Kier alpha value is -0.600. The van der Waals surface area contributed by atoms with Gasteiger partial charge in [-0.2, -0.15) is 0 Å². The second-order valence-corrected chi connectivity index (χ2v) is 2.62. The van der Waals surface area contributed by atoms with Gasteiger partial charge in [-0.15, -0.1) is 12.4 Å². The fourth-order valence-corrected chi connectivity index (χ4v) is 0.959. The zero-order valence-electron chi connectivity index (χ0n) is 7.01. The predicted octanol–water partition coefficient (Wildman–Crippen LogP) is 2.06. The van der Waals surface area contributed by atoms with E-state index in [4.69, 9.17) is 5.73 Å². The molecule has 0 unspecified atom stereocenters.